The third kappa shape index (κ3) is 7.11. The van der Waals surface area contributed by atoms with Crippen molar-refractivity contribution in [2.45, 2.75) is 24.2 Å². The van der Waals surface area contributed by atoms with Crippen molar-refractivity contribution < 1.29 is 3.44 Å². The van der Waals surface area contributed by atoms with E-state index < -0.39 is 18.8 Å². The van der Waals surface area contributed by atoms with Gasteiger partial charge in [0, 0.05) is 0 Å². The molecule has 0 aromatic heterocycles. The Bertz CT molecular complexity index is 40.7. The molecule has 1 atom stereocenters. The summed E-state index contributed by atoms with van der Waals surface area (Å²) in [6, 6.07) is 0. The fraction of sp³-hybridized carbons (Fsp3) is 1.00. The Morgan fingerprint density at radius 1 is 1.71 bits per heavy atom. The molecule has 0 saturated heterocycles. The minimum absolute atomic E-state index is 1.03. The van der Waals surface area contributed by atoms with Crippen molar-refractivity contribution in [1.82, 2.24) is 0 Å². The second kappa shape index (κ2) is 5.25. The standard InChI is InChI=1S/C4H9.H2O.H2S.Sn.H/c1-3-4-2;;;;/h1,3-4H2,2H3;2*1H2;;/q;;;+2;/p-2. The van der Waals surface area contributed by atoms with Gasteiger partial charge < -0.3 is 0 Å². The van der Waals surface area contributed by atoms with Crippen molar-refractivity contribution in [3.63, 3.8) is 0 Å². The first-order valence-corrected chi connectivity index (χ1v) is 11.4. The van der Waals surface area contributed by atoms with Crippen LogP contribution in [0.25, 0.3) is 0 Å². The van der Waals surface area contributed by atoms with E-state index in [9.17, 15) is 0 Å². The van der Waals surface area contributed by atoms with E-state index in [0.717, 1.165) is 4.44 Å². The SMILES string of the molecule is CCC[CH2][SnH]([OH])[SH]. The molecule has 0 aromatic carbocycles. The molecule has 3 heteroatoms. The van der Waals surface area contributed by atoms with Gasteiger partial charge in [0.2, 0.25) is 0 Å². The Morgan fingerprint density at radius 2 is 2.29 bits per heavy atom. The first-order chi connectivity index (χ1) is 3.27. The van der Waals surface area contributed by atoms with Crippen molar-refractivity contribution in [3.05, 3.63) is 0 Å². The number of unbranched alkanes of at least 4 members (excludes halogenated alkanes) is 1. The van der Waals surface area contributed by atoms with Gasteiger partial charge in [0.25, 0.3) is 0 Å². The summed E-state index contributed by atoms with van der Waals surface area (Å²) in [4.78, 5) is 0. The number of hydrogen-bond acceptors (Lipinski definition) is 2. The summed E-state index contributed by atoms with van der Waals surface area (Å²) in [5.74, 6) is 0. The van der Waals surface area contributed by atoms with E-state index in [0.29, 0.717) is 0 Å². The van der Waals surface area contributed by atoms with Crippen molar-refractivity contribution in [1.29, 1.82) is 0 Å². The molecular weight excluding hydrogens is 215 g/mol. The molecule has 1 nitrogen and oxygen atoms in total. The van der Waals surface area contributed by atoms with Crippen molar-refractivity contribution in [2.24, 2.45) is 0 Å². The van der Waals surface area contributed by atoms with Gasteiger partial charge in [0.15, 0.2) is 0 Å². The van der Waals surface area contributed by atoms with Crippen LogP contribution in [0.4, 0.5) is 0 Å². The Hall–Kier alpha value is 1.11. The molecular formula is C4H12OSSn. The summed E-state index contributed by atoms with van der Waals surface area (Å²) >= 11 is -2.05. The van der Waals surface area contributed by atoms with Gasteiger partial charge in [-0.05, 0) is 0 Å². The maximum absolute atomic E-state index is 8.76. The predicted molar refractivity (Wildman–Crippen MR) is 38.1 cm³/mol. The van der Waals surface area contributed by atoms with Crippen LogP contribution in [0.1, 0.15) is 19.8 Å². The number of thiol groups is 1. The van der Waals surface area contributed by atoms with E-state index in [4.69, 9.17) is 3.44 Å². The van der Waals surface area contributed by atoms with Crippen LogP contribution in [0, 0.1) is 0 Å². The zero-order chi connectivity index (χ0) is 5.70. The van der Waals surface area contributed by atoms with Crippen LogP contribution in [0.15, 0.2) is 0 Å². The number of hydrogen-bond donors (Lipinski definition) is 2. The van der Waals surface area contributed by atoms with E-state index in [1.165, 1.54) is 12.8 Å². The average molecular weight is 227 g/mol. The summed E-state index contributed by atoms with van der Waals surface area (Å²) in [6.07, 6.45) is 2.36. The zero-order valence-electron chi connectivity index (χ0n) is 4.59. The molecule has 0 aromatic rings. The fourth-order valence-corrected chi connectivity index (χ4v) is 3.82. The molecule has 0 bridgehead atoms. The van der Waals surface area contributed by atoms with Gasteiger partial charge in [-0.1, -0.05) is 0 Å². The van der Waals surface area contributed by atoms with E-state index in [-0.39, 0.29) is 0 Å². The molecule has 0 aliphatic heterocycles. The molecule has 1 N–H and O–H groups in total. The zero-order valence-corrected chi connectivity index (χ0v) is 8.78. The van der Waals surface area contributed by atoms with Gasteiger partial charge in [-0.2, -0.15) is 0 Å². The quantitative estimate of drug-likeness (QED) is 0.542. The van der Waals surface area contributed by atoms with Crippen LogP contribution in [0.2, 0.25) is 4.44 Å². The molecule has 1 unspecified atom stereocenters. The topological polar surface area (TPSA) is 20.2 Å². The molecule has 0 rings (SSSR count). The summed E-state index contributed by atoms with van der Waals surface area (Å²) in [7, 11) is 4.00. The third-order valence-corrected chi connectivity index (χ3v) is 5.19. The minimum atomic E-state index is -2.05. The third-order valence-electron chi connectivity index (χ3n) is 0.816. The van der Waals surface area contributed by atoms with Crippen LogP contribution in [-0.2, 0) is 0 Å². The van der Waals surface area contributed by atoms with Gasteiger partial charge in [-0.15, -0.1) is 0 Å². The van der Waals surface area contributed by atoms with E-state index in [1.54, 1.807) is 0 Å². The van der Waals surface area contributed by atoms with Gasteiger partial charge in [-0.25, -0.2) is 0 Å². The van der Waals surface area contributed by atoms with Crippen molar-refractivity contribution in [3.8, 4) is 0 Å². The molecule has 0 fully saturated rings. The molecule has 0 spiro atoms. The Labute approximate surface area is 56.3 Å². The van der Waals surface area contributed by atoms with Gasteiger partial charge in [0.05, 0.1) is 0 Å². The first kappa shape index (κ1) is 8.11. The second-order valence-corrected chi connectivity index (χ2v) is 10.0. The summed E-state index contributed by atoms with van der Waals surface area (Å²) < 4.78 is 9.79. The monoisotopic (exact) mass is 228 g/mol. The molecule has 0 saturated carbocycles. The Morgan fingerprint density at radius 3 is 2.43 bits per heavy atom. The van der Waals surface area contributed by atoms with E-state index in [2.05, 4.69) is 16.7 Å². The molecule has 0 heterocycles. The van der Waals surface area contributed by atoms with Crippen LogP contribution in [-0.4, -0.2) is 22.2 Å². The molecule has 44 valence electrons. The van der Waals surface area contributed by atoms with E-state index in [1.807, 2.05) is 0 Å². The molecule has 0 amide bonds. The van der Waals surface area contributed by atoms with Crippen LogP contribution < -0.4 is 0 Å². The predicted octanol–water partition coefficient (Wildman–Crippen LogP) is 0.929. The normalized spacial score (nSPS) is 14.1. The van der Waals surface area contributed by atoms with Crippen LogP contribution in [0.3, 0.4) is 0 Å². The first-order valence-electron chi connectivity index (χ1n) is 2.63. The number of rotatable bonds is 3. The summed E-state index contributed by atoms with van der Waals surface area (Å²) in [6.45, 7) is 2.13. The Kier molecular flexibility index (Phi) is 6.08. The Balaban J connectivity index is 2.68. The molecule has 0 radical (unpaired) electrons. The molecule has 7 heavy (non-hydrogen) atoms. The van der Waals surface area contributed by atoms with Gasteiger partial charge in [0.1, 0.15) is 0 Å². The van der Waals surface area contributed by atoms with Gasteiger partial charge in [-0.3, -0.25) is 0 Å². The summed E-state index contributed by atoms with van der Waals surface area (Å²) in [5, 5.41) is 0. The average Bonchev–Trinajstić information content (AvgIpc) is 1.61. The van der Waals surface area contributed by atoms with Crippen molar-refractivity contribution in [2.75, 3.05) is 0 Å². The van der Waals surface area contributed by atoms with Crippen LogP contribution >= 0.6 is 9.81 Å². The van der Waals surface area contributed by atoms with E-state index >= 15 is 0 Å². The van der Waals surface area contributed by atoms with Crippen molar-refractivity contribution >= 4 is 28.6 Å². The van der Waals surface area contributed by atoms with Gasteiger partial charge >= 0.3 is 56.2 Å². The second-order valence-electron chi connectivity index (χ2n) is 1.62. The van der Waals surface area contributed by atoms with Crippen LogP contribution in [0.5, 0.6) is 0 Å². The summed E-state index contributed by atoms with van der Waals surface area (Å²) in [5.41, 5.74) is 0. The fourth-order valence-electron chi connectivity index (χ4n) is 0.387. The molecule has 0 aliphatic carbocycles. The maximum atomic E-state index is 8.76. The molecule has 0 aliphatic rings.